The zero-order chi connectivity index (χ0) is 19.5. The molecule has 2 amide bonds. The molecule has 7 heteroatoms. The lowest BCUT2D eigenvalue weighted by Gasteiger charge is -2.27. The van der Waals surface area contributed by atoms with E-state index in [0.717, 1.165) is 38.9 Å². The number of rotatable bonds is 10. The second kappa shape index (κ2) is 9.01. The summed E-state index contributed by atoms with van der Waals surface area (Å²) >= 11 is 0. The minimum absolute atomic E-state index is 0.0367. The summed E-state index contributed by atoms with van der Waals surface area (Å²) in [6.45, 7) is 2.54. The molecule has 0 bridgehead atoms. The Kier molecular flexibility index (Phi) is 6.43. The number of ether oxygens (including phenoxy) is 3. The number of ketones is 1. The van der Waals surface area contributed by atoms with Gasteiger partial charge in [-0.1, -0.05) is 0 Å². The molecule has 0 saturated carbocycles. The van der Waals surface area contributed by atoms with Crippen LogP contribution in [0, 0.1) is 11.8 Å². The van der Waals surface area contributed by atoms with E-state index in [-0.39, 0.29) is 36.0 Å². The van der Waals surface area contributed by atoms with Gasteiger partial charge in [-0.05, 0) is 44.9 Å². The lowest BCUT2D eigenvalue weighted by atomic mass is 9.92. The van der Waals surface area contributed by atoms with Gasteiger partial charge in [0.15, 0.2) is 0 Å². The number of hydrogen-bond acceptors (Lipinski definition) is 6. The normalized spacial score (nSPS) is 35.4. The Morgan fingerprint density at radius 3 is 1.86 bits per heavy atom. The molecule has 0 aliphatic carbocycles. The lowest BCUT2D eigenvalue weighted by Crippen LogP contribution is -2.45. The molecule has 4 aliphatic heterocycles. The quantitative estimate of drug-likeness (QED) is 0.416. The molecule has 0 N–H and O–H groups in total. The number of carbonyl (C=O) groups is 3. The third-order valence-corrected chi connectivity index (χ3v) is 6.23. The van der Waals surface area contributed by atoms with Crippen LogP contribution in [0.1, 0.15) is 57.8 Å². The highest BCUT2D eigenvalue weighted by molar-refractivity contribution is 5.99. The maximum Gasteiger partial charge on any atom is 0.232 e. The smallest absolute Gasteiger partial charge is 0.232 e. The molecule has 5 atom stereocenters. The van der Waals surface area contributed by atoms with E-state index in [4.69, 9.17) is 14.2 Å². The van der Waals surface area contributed by atoms with Gasteiger partial charge in [0.1, 0.15) is 5.78 Å². The van der Waals surface area contributed by atoms with Crippen molar-refractivity contribution in [1.82, 2.24) is 4.90 Å². The fourth-order valence-corrected chi connectivity index (χ4v) is 4.18. The molecule has 0 aromatic heterocycles. The van der Waals surface area contributed by atoms with Crippen molar-refractivity contribution in [3.05, 3.63) is 0 Å². The molecule has 0 aromatic rings. The van der Waals surface area contributed by atoms with Crippen molar-refractivity contribution in [3.63, 3.8) is 0 Å². The van der Waals surface area contributed by atoms with Crippen LogP contribution in [0.25, 0.3) is 0 Å². The topological polar surface area (TPSA) is 92.0 Å². The fraction of sp³-hybridized carbons (Fsp3) is 0.857. The Balaban J connectivity index is 1.42. The van der Waals surface area contributed by atoms with Crippen LogP contribution >= 0.6 is 0 Å². The molecule has 4 heterocycles. The Morgan fingerprint density at radius 1 is 0.750 bits per heavy atom. The third-order valence-electron chi connectivity index (χ3n) is 6.23. The Morgan fingerprint density at radius 2 is 1.29 bits per heavy atom. The molecule has 0 radical (unpaired) electrons. The number of hydrogen-bond donors (Lipinski definition) is 0. The maximum absolute atomic E-state index is 13.2. The van der Waals surface area contributed by atoms with Crippen LogP contribution in [0.5, 0.6) is 0 Å². The average molecular weight is 393 g/mol. The summed E-state index contributed by atoms with van der Waals surface area (Å²) < 4.78 is 15.8. The number of carbonyl (C=O) groups excluding carboxylic acids is 3. The Bertz CT molecular complexity index is 596. The van der Waals surface area contributed by atoms with Crippen molar-refractivity contribution < 1.29 is 28.6 Å². The summed E-state index contributed by atoms with van der Waals surface area (Å²) in [4.78, 5) is 40.4. The molecule has 0 aromatic carbocycles. The van der Waals surface area contributed by atoms with Crippen LogP contribution in [0.15, 0.2) is 0 Å². The summed E-state index contributed by atoms with van der Waals surface area (Å²) in [7, 11) is 0. The van der Waals surface area contributed by atoms with Gasteiger partial charge in [0.2, 0.25) is 11.8 Å². The summed E-state index contributed by atoms with van der Waals surface area (Å²) in [6.07, 6.45) is 6.77. The number of Topliss-reactive ketones (excluding diaryl/α,β-unsaturated/α-hetero) is 1. The summed E-state index contributed by atoms with van der Waals surface area (Å²) in [5, 5.41) is 0. The maximum atomic E-state index is 13.2. The molecule has 4 rings (SSSR count). The zero-order valence-electron chi connectivity index (χ0n) is 16.5. The number of epoxide rings is 3. The van der Waals surface area contributed by atoms with Crippen LogP contribution in [-0.2, 0) is 28.6 Å². The first-order valence-corrected chi connectivity index (χ1v) is 10.8. The molecular formula is C21H31NO6. The Hall–Kier alpha value is -1.31. The van der Waals surface area contributed by atoms with Crippen LogP contribution in [0.4, 0.5) is 0 Å². The van der Waals surface area contributed by atoms with Gasteiger partial charge in [-0.2, -0.15) is 0 Å². The highest BCUT2D eigenvalue weighted by atomic mass is 16.6. The lowest BCUT2D eigenvalue weighted by molar-refractivity contribution is -0.151. The highest BCUT2D eigenvalue weighted by Crippen LogP contribution is 2.29. The van der Waals surface area contributed by atoms with E-state index in [2.05, 4.69) is 0 Å². The van der Waals surface area contributed by atoms with E-state index >= 15 is 0 Å². The van der Waals surface area contributed by atoms with Crippen molar-refractivity contribution in [2.24, 2.45) is 11.8 Å². The summed E-state index contributed by atoms with van der Waals surface area (Å²) in [5.41, 5.74) is 0. The molecule has 5 unspecified atom stereocenters. The Labute approximate surface area is 166 Å². The van der Waals surface area contributed by atoms with Gasteiger partial charge in [0, 0.05) is 24.7 Å². The van der Waals surface area contributed by atoms with Gasteiger partial charge in [0.05, 0.1) is 44.7 Å². The van der Waals surface area contributed by atoms with E-state index in [1.54, 1.807) is 0 Å². The van der Waals surface area contributed by atoms with Crippen molar-refractivity contribution in [2.75, 3.05) is 26.4 Å². The molecule has 0 spiro atoms. The van der Waals surface area contributed by atoms with Crippen molar-refractivity contribution in [1.29, 1.82) is 0 Å². The number of nitrogens with zero attached hydrogens (tertiary/aromatic N) is 1. The van der Waals surface area contributed by atoms with Crippen LogP contribution in [0.2, 0.25) is 0 Å². The van der Waals surface area contributed by atoms with Crippen LogP contribution in [0.3, 0.4) is 0 Å². The predicted octanol–water partition coefficient (Wildman–Crippen LogP) is 1.86. The molecular weight excluding hydrogens is 362 g/mol. The van der Waals surface area contributed by atoms with Crippen LogP contribution < -0.4 is 0 Å². The predicted molar refractivity (Wildman–Crippen MR) is 99.5 cm³/mol. The van der Waals surface area contributed by atoms with Crippen molar-refractivity contribution in [2.45, 2.75) is 76.1 Å². The first-order valence-electron chi connectivity index (χ1n) is 10.8. The molecule has 4 saturated heterocycles. The van der Waals surface area contributed by atoms with E-state index in [9.17, 15) is 14.4 Å². The largest absolute Gasteiger partial charge is 0.373 e. The number of amides is 2. The van der Waals surface area contributed by atoms with Gasteiger partial charge in [-0.3, -0.25) is 19.3 Å². The standard InChI is InChI=1S/C21H31NO6/c23-16-8-7-14(3-1-5-17-11-26-17)20(24)22(10-19-13-28-19)21(25)15(9-16)4-2-6-18-12-27-18/h14-15,17-19H,1-13H2. The average Bonchev–Trinajstić information content (AvgIpc) is 3.53. The van der Waals surface area contributed by atoms with Gasteiger partial charge in [-0.25, -0.2) is 0 Å². The van der Waals surface area contributed by atoms with Crippen molar-refractivity contribution >= 4 is 17.6 Å². The van der Waals surface area contributed by atoms with Gasteiger partial charge in [0.25, 0.3) is 0 Å². The second-order valence-corrected chi connectivity index (χ2v) is 8.69. The first-order chi connectivity index (χ1) is 13.6. The minimum atomic E-state index is -0.396. The van der Waals surface area contributed by atoms with E-state index in [1.165, 1.54) is 4.90 Å². The minimum Gasteiger partial charge on any atom is -0.373 e. The van der Waals surface area contributed by atoms with E-state index < -0.39 is 5.92 Å². The molecule has 156 valence electrons. The van der Waals surface area contributed by atoms with Gasteiger partial charge >= 0.3 is 0 Å². The molecule has 4 aliphatic rings. The SMILES string of the molecule is O=C1CCC(CCCC2CO2)C(=O)N(CC2CO2)C(=O)C(CCCC2CO2)C1. The van der Waals surface area contributed by atoms with Crippen LogP contribution in [-0.4, -0.2) is 67.2 Å². The van der Waals surface area contributed by atoms with Gasteiger partial charge < -0.3 is 14.2 Å². The van der Waals surface area contributed by atoms with E-state index in [0.29, 0.717) is 51.0 Å². The zero-order valence-corrected chi connectivity index (χ0v) is 16.5. The van der Waals surface area contributed by atoms with Gasteiger partial charge in [-0.15, -0.1) is 0 Å². The highest BCUT2D eigenvalue weighted by Gasteiger charge is 2.39. The second-order valence-electron chi connectivity index (χ2n) is 8.69. The fourth-order valence-electron chi connectivity index (χ4n) is 4.18. The first kappa shape index (κ1) is 20.0. The summed E-state index contributed by atoms with van der Waals surface area (Å²) in [6, 6.07) is 0. The molecule has 28 heavy (non-hydrogen) atoms. The van der Waals surface area contributed by atoms with Crippen molar-refractivity contribution in [3.8, 4) is 0 Å². The number of imide groups is 1. The monoisotopic (exact) mass is 393 g/mol. The van der Waals surface area contributed by atoms with E-state index in [1.807, 2.05) is 0 Å². The molecule has 7 nitrogen and oxygen atoms in total. The summed E-state index contributed by atoms with van der Waals surface area (Å²) in [5.74, 6) is -0.837. The third kappa shape index (κ3) is 5.84. The molecule has 4 fully saturated rings.